The summed E-state index contributed by atoms with van der Waals surface area (Å²) in [6.07, 6.45) is 5.42. The number of hydrogen-bond donors (Lipinski definition) is 0. The third-order valence-electron chi connectivity index (χ3n) is 6.80. The number of hydrogen-bond acceptors (Lipinski definition) is 3. The van der Waals surface area contributed by atoms with Gasteiger partial charge in [-0.05, 0) is 79.1 Å². The monoisotopic (exact) mass is 513 g/mol. The van der Waals surface area contributed by atoms with Crippen molar-refractivity contribution in [2.75, 3.05) is 33.9 Å². The van der Waals surface area contributed by atoms with Crippen LogP contribution < -0.4 is 4.74 Å². The molecule has 0 aliphatic carbocycles. The highest BCUT2D eigenvalue weighted by molar-refractivity contribution is 6.72. The van der Waals surface area contributed by atoms with Gasteiger partial charge in [-0.1, -0.05) is 98.8 Å². The van der Waals surface area contributed by atoms with Crippen LogP contribution in [-0.2, 0) is 4.43 Å². The highest BCUT2D eigenvalue weighted by Crippen LogP contribution is 2.34. The maximum absolute atomic E-state index is 6.32. The summed E-state index contributed by atoms with van der Waals surface area (Å²) in [6.45, 7) is 11.5. The van der Waals surface area contributed by atoms with Gasteiger partial charge in [-0.2, -0.15) is 0 Å². The van der Waals surface area contributed by atoms with Crippen molar-refractivity contribution in [1.82, 2.24) is 4.90 Å². The van der Waals surface area contributed by atoms with Crippen LogP contribution in [0.1, 0.15) is 37.0 Å². The summed E-state index contributed by atoms with van der Waals surface area (Å²) in [5.41, 5.74) is 6.57. The molecule has 3 nitrogen and oxygen atoms in total. The first-order valence-corrected chi connectivity index (χ1v) is 16.3. The third kappa shape index (κ3) is 8.85. The molecule has 0 saturated carbocycles. The molecule has 0 spiro atoms. The summed E-state index contributed by atoms with van der Waals surface area (Å²) in [6, 6.07) is 29.8. The molecule has 0 radical (unpaired) electrons. The Bertz CT molecular complexity index is 1130. The van der Waals surface area contributed by atoms with Crippen LogP contribution in [0.15, 0.2) is 97.1 Å². The molecule has 0 amide bonds. The first-order chi connectivity index (χ1) is 17.8. The van der Waals surface area contributed by atoms with Crippen LogP contribution >= 0.6 is 0 Å². The molecule has 3 aromatic rings. The lowest BCUT2D eigenvalue weighted by molar-refractivity contribution is 0.261. The molecule has 3 aromatic carbocycles. The predicted molar refractivity (Wildman–Crippen MR) is 162 cm³/mol. The van der Waals surface area contributed by atoms with Crippen LogP contribution in [0.5, 0.6) is 5.75 Å². The smallest absolute Gasteiger partial charge is 0.189 e. The van der Waals surface area contributed by atoms with Crippen LogP contribution in [-0.4, -0.2) is 47.1 Å². The van der Waals surface area contributed by atoms with E-state index in [2.05, 4.69) is 143 Å². The van der Waals surface area contributed by atoms with Gasteiger partial charge >= 0.3 is 0 Å². The lowest BCUT2D eigenvalue weighted by atomic mass is 9.89. The number of likely N-dealkylation sites (N-methyl/N-ethyl adjacent to an activating group) is 1. The van der Waals surface area contributed by atoms with Gasteiger partial charge in [0.1, 0.15) is 12.4 Å². The zero-order valence-electron chi connectivity index (χ0n) is 23.4. The van der Waals surface area contributed by atoms with Crippen LogP contribution in [0, 0.1) is 0 Å². The molecule has 4 heteroatoms. The Morgan fingerprint density at radius 2 is 1.35 bits per heavy atom. The standard InChI is InChI=1S/C33H43NO2Si/c1-27(2)37(5,6)36-25-14-13-19-32(28-15-9-7-10-16-28)33(29-17-11-8-12-18-29)30-20-22-31(23-21-30)35-26-24-34(3)4/h7-13,15-23,27H,14,24-26H2,1-6H3/b19-13-,33-32?. The van der Waals surface area contributed by atoms with Gasteiger partial charge in [0.05, 0.1) is 0 Å². The first kappa shape index (κ1) is 28.6. The van der Waals surface area contributed by atoms with Crippen LogP contribution in [0.2, 0.25) is 18.6 Å². The molecule has 3 rings (SSSR count). The van der Waals surface area contributed by atoms with Crippen molar-refractivity contribution < 1.29 is 9.16 Å². The van der Waals surface area contributed by atoms with E-state index in [1.807, 2.05) is 0 Å². The van der Waals surface area contributed by atoms with E-state index in [4.69, 9.17) is 9.16 Å². The number of nitrogens with zero attached hydrogens (tertiary/aromatic N) is 1. The molecule has 0 aliphatic heterocycles. The third-order valence-corrected chi connectivity index (χ3v) is 10.5. The fraction of sp³-hybridized carbons (Fsp3) is 0.333. The van der Waals surface area contributed by atoms with Gasteiger partial charge in [0, 0.05) is 13.2 Å². The predicted octanol–water partition coefficient (Wildman–Crippen LogP) is 8.16. The van der Waals surface area contributed by atoms with Crippen molar-refractivity contribution in [2.45, 2.75) is 38.9 Å². The molecular weight excluding hydrogens is 470 g/mol. The molecule has 0 aliphatic rings. The minimum Gasteiger partial charge on any atom is -0.492 e. The molecular formula is C33H43NO2Si. The van der Waals surface area contributed by atoms with E-state index in [0.29, 0.717) is 12.1 Å². The van der Waals surface area contributed by atoms with Crippen molar-refractivity contribution in [3.63, 3.8) is 0 Å². The number of ether oxygens (including phenoxy) is 1. The fourth-order valence-electron chi connectivity index (χ4n) is 3.85. The zero-order chi connectivity index (χ0) is 26.7. The van der Waals surface area contributed by atoms with Crippen molar-refractivity contribution in [1.29, 1.82) is 0 Å². The Morgan fingerprint density at radius 1 is 0.784 bits per heavy atom. The highest BCUT2D eigenvalue weighted by Gasteiger charge is 2.26. The topological polar surface area (TPSA) is 21.7 Å². The molecule has 37 heavy (non-hydrogen) atoms. The molecule has 0 heterocycles. The maximum atomic E-state index is 6.32. The lowest BCUT2D eigenvalue weighted by Crippen LogP contribution is -2.34. The average molecular weight is 514 g/mol. The maximum Gasteiger partial charge on any atom is 0.189 e. The van der Waals surface area contributed by atoms with E-state index in [-0.39, 0.29) is 0 Å². The Balaban J connectivity index is 1.97. The number of benzene rings is 3. The Morgan fingerprint density at radius 3 is 1.92 bits per heavy atom. The molecule has 0 N–H and O–H groups in total. The normalized spacial score (nSPS) is 12.9. The molecule has 196 valence electrons. The highest BCUT2D eigenvalue weighted by atomic mass is 28.4. The number of allylic oxidation sites excluding steroid dienone is 2. The van der Waals surface area contributed by atoms with Gasteiger partial charge in [-0.3, -0.25) is 0 Å². The second-order valence-corrected chi connectivity index (χ2v) is 15.1. The van der Waals surface area contributed by atoms with Gasteiger partial charge in [0.2, 0.25) is 0 Å². The minimum atomic E-state index is -1.63. The van der Waals surface area contributed by atoms with E-state index in [1.54, 1.807) is 0 Å². The van der Waals surface area contributed by atoms with Crippen LogP contribution in [0.25, 0.3) is 11.1 Å². The molecule has 0 aromatic heterocycles. The van der Waals surface area contributed by atoms with E-state index in [9.17, 15) is 0 Å². The fourth-order valence-corrected chi connectivity index (χ4v) is 4.82. The van der Waals surface area contributed by atoms with Crippen molar-refractivity contribution >= 4 is 19.5 Å². The van der Waals surface area contributed by atoms with E-state index in [1.165, 1.54) is 27.8 Å². The van der Waals surface area contributed by atoms with E-state index in [0.717, 1.165) is 25.3 Å². The van der Waals surface area contributed by atoms with Gasteiger partial charge in [-0.15, -0.1) is 0 Å². The summed E-state index contributed by atoms with van der Waals surface area (Å²) < 4.78 is 12.3. The summed E-state index contributed by atoms with van der Waals surface area (Å²) >= 11 is 0. The zero-order valence-corrected chi connectivity index (χ0v) is 24.4. The molecule has 0 bridgehead atoms. The van der Waals surface area contributed by atoms with Crippen molar-refractivity contribution in [3.05, 3.63) is 114 Å². The van der Waals surface area contributed by atoms with Gasteiger partial charge in [0.15, 0.2) is 8.32 Å². The van der Waals surface area contributed by atoms with Gasteiger partial charge in [-0.25, -0.2) is 0 Å². The van der Waals surface area contributed by atoms with E-state index >= 15 is 0 Å². The van der Waals surface area contributed by atoms with E-state index < -0.39 is 8.32 Å². The molecule has 0 saturated heterocycles. The SMILES string of the molecule is CC(C)[Si](C)(C)OCC/C=C\C(=C(c1ccccc1)c1ccc(OCCN(C)C)cc1)c1ccccc1. The number of rotatable bonds is 13. The molecule has 0 atom stereocenters. The Kier molecular flexibility index (Phi) is 10.9. The second-order valence-electron chi connectivity index (χ2n) is 10.5. The average Bonchev–Trinajstić information content (AvgIpc) is 2.89. The van der Waals surface area contributed by atoms with Crippen molar-refractivity contribution in [3.8, 4) is 5.75 Å². The summed E-state index contributed by atoms with van der Waals surface area (Å²) in [5, 5.41) is 0. The summed E-state index contributed by atoms with van der Waals surface area (Å²) in [5.74, 6) is 0.892. The summed E-state index contributed by atoms with van der Waals surface area (Å²) in [7, 11) is 2.48. The van der Waals surface area contributed by atoms with Gasteiger partial charge in [0.25, 0.3) is 0 Å². The van der Waals surface area contributed by atoms with Crippen LogP contribution in [0.3, 0.4) is 0 Å². The Labute approximate surface area is 225 Å². The Hall–Kier alpha value is -2.92. The minimum absolute atomic E-state index is 0.607. The van der Waals surface area contributed by atoms with Crippen molar-refractivity contribution in [2.24, 2.45) is 0 Å². The molecule has 0 fully saturated rings. The van der Waals surface area contributed by atoms with Gasteiger partial charge < -0.3 is 14.1 Å². The van der Waals surface area contributed by atoms with Crippen LogP contribution in [0.4, 0.5) is 0 Å². The summed E-state index contributed by atoms with van der Waals surface area (Å²) in [4.78, 5) is 2.13. The quantitative estimate of drug-likeness (QED) is 0.0996. The first-order valence-electron chi connectivity index (χ1n) is 13.3. The largest absolute Gasteiger partial charge is 0.492 e. The lowest BCUT2D eigenvalue weighted by Gasteiger charge is -2.26. The molecule has 0 unspecified atom stereocenters. The second kappa shape index (κ2) is 14.1.